The lowest BCUT2D eigenvalue weighted by Gasteiger charge is -2.12. The van der Waals surface area contributed by atoms with Crippen molar-refractivity contribution in [3.63, 3.8) is 0 Å². The zero-order valence-corrected chi connectivity index (χ0v) is 11.1. The Hall–Kier alpha value is -2.15. The molecule has 0 amide bonds. The molecule has 7 heteroatoms. The molecule has 0 unspecified atom stereocenters. The van der Waals surface area contributed by atoms with Gasteiger partial charge in [-0.1, -0.05) is 12.1 Å². The number of rotatable bonds is 6. The molecule has 0 saturated carbocycles. The Morgan fingerprint density at radius 1 is 1.32 bits per heavy atom. The Kier molecular flexibility index (Phi) is 4.30. The summed E-state index contributed by atoms with van der Waals surface area (Å²) in [6.45, 7) is 4.54. The highest BCUT2D eigenvalue weighted by Gasteiger charge is 2.10. The number of nitrogens with zero attached hydrogens (tertiary/aromatic N) is 3. The van der Waals surface area contributed by atoms with Gasteiger partial charge >= 0.3 is 0 Å². The zero-order valence-electron chi connectivity index (χ0n) is 11.1. The molecular weight excluding hydrogens is 244 g/mol. The van der Waals surface area contributed by atoms with Crippen LogP contribution < -0.4 is 16.6 Å². The monoisotopic (exact) mass is 262 g/mol. The zero-order chi connectivity index (χ0) is 13.7. The van der Waals surface area contributed by atoms with Crippen LogP contribution >= 0.6 is 0 Å². The van der Waals surface area contributed by atoms with E-state index >= 15 is 0 Å². The number of aromatic nitrogens is 3. The first kappa shape index (κ1) is 13.3. The first-order valence-electron chi connectivity index (χ1n) is 6.21. The normalized spacial score (nSPS) is 10.5. The van der Waals surface area contributed by atoms with Gasteiger partial charge in [-0.3, -0.25) is 0 Å². The second-order valence-electron chi connectivity index (χ2n) is 4.20. The van der Waals surface area contributed by atoms with E-state index in [0.29, 0.717) is 12.4 Å². The molecule has 0 saturated heterocycles. The molecule has 2 heterocycles. The molecule has 19 heavy (non-hydrogen) atoms. The van der Waals surface area contributed by atoms with Gasteiger partial charge in [0, 0.05) is 18.1 Å². The van der Waals surface area contributed by atoms with Crippen LogP contribution in [-0.2, 0) is 13.0 Å². The Morgan fingerprint density at radius 3 is 2.74 bits per heavy atom. The smallest absolute Gasteiger partial charge is 0.148 e. The third-order valence-electron chi connectivity index (χ3n) is 2.73. The fraction of sp³-hybridized carbons (Fsp3) is 0.417. The van der Waals surface area contributed by atoms with E-state index in [4.69, 9.17) is 10.4 Å². The maximum Gasteiger partial charge on any atom is 0.148 e. The fourth-order valence-corrected chi connectivity index (χ4v) is 1.71. The molecule has 0 radical (unpaired) electrons. The maximum atomic E-state index is 5.48. The van der Waals surface area contributed by atoms with Crippen LogP contribution in [0.4, 0.5) is 11.6 Å². The third-order valence-corrected chi connectivity index (χ3v) is 2.73. The standard InChI is InChI=1S/C12H18N6O/c1-3-4-10-15-11(8(2)12(16-10)17-13)14-7-9-5-6-19-18-9/h5-6H,3-4,7,13H2,1-2H3,(H2,14,15,16,17). The third kappa shape index (κ3) is 3.19. The van der Waals surface area contributed by atoms with Crippen molar-refractivity contribution in [3.05, 3.63) is 29.4 Å². The predicted octanol–water partition coefficient (Wildman–Crippen LogP) is 1.62. The number of hydrogen-bond donors (Lipinski definition) is 3. The van der Waals surface area contributed by atoms with Gasteiger partial charge in [0.15, 0.2) is 0 Å². The van der Waals surface area contributed by atoms with Crippen molar-refractivity contribution < 1.29 is 4.52 Å². The summed E-state index contributed by atoms with van der Waals surface area (Å²) in [7, 11) is 0. The summed E-state index contributed by atoms with van der Waals surface area (Å²) in [4.78, 5) is 8.86. The molecule has 0 bridgehead atoms. The van der Waals surface area contributed by atoms with Crippen LogP contribution in [0.2, 0.25) is 0 Å². The van der Waals surface area contributed by atoms with Crippen LogP contribution in [0.25, 0.3) is 0 Å². The second-order valence-corrected chi connectivity index (χ2v) is 4.20. The van der Waals surface area contributed by atoms with Crippen LogP contribution in [0, 0.1) is 6.92 Å². The van der Waals surface area contributed by atoms with Crippen LogP contribution in [0.15, 0.2) is 16.9 Å². The summed E-state index contributed by atoms with van der Waals surface area (Å²) < 4.78 is 4.79. The van der Waals surface area contributed by atoms with Gasteiger partial charge in [0.2, 0.25) is 0 Å². The largest absolute Gasteiger partial charge is 0.364 e. The van der Waals surface area contributed by atoms with Gasteiger partial charge < -0.3 is 15.3 Å². The minimum atomic E-state index is 0.546. The molecule has 0 aliphatic rings. The summed E-state index contributed by atoms with van der Waals surface area (Å²) in [6.07, 6.45) is 3.34. The summed E-state index contributed by atoms with van der Waals surface area (Å²) in [6, 6.07) is 1.80. The first-order valence-corrected chi connectivity index (χ1v) is 6.21. The summed E-state index contributed by atoms with van der Waals surface area (Å²) in [5, 5.41) is 7.06. The number of anilines is 2. The van der Waals surface area contributed by atoms with E-state index < -0.39 is 0 Å². The van der Waals surface area contributed by atoms with Crippen LogP contribution in [-0.4, -0.2) is 15.1 Å². The highest BCUT2D eigenvalue weighted by molar-refractivity contribution is 5.56. The number of nitrogens with one attached hydrogen (secondary N) is 2. The lowest BCUT2D eigenvalue weighted by atomic mass is 10.2. The fourth-order valence-electron chi connectivity index (χ4n) is 1.71. The molecule has 2 aromatic rings. The van der Waals surface area contributed by atoms with Crippen LogP contribution in [0.5, 0.6) is 0 Å². The molecule has 2 rings (SSSR count). The van der Waals surface area contributed by atoms with Crippen LogP contribution in [0.3, 0.4) is 0 Å². The quantitative estimate of drug-likeness (QED) is 0.537. The topological polar surface area (TPSA) is 102 Å². The van der Waals surface area contributed by atoms with Crippen LogP contribution in [0.1, 0.15) is 30.4 Å². The van der Waals surface area contributed by atoms with E-state index in [1.807, 2.05) is 6.92 Å². The minimum Gasteiger partial charge on any atom is -0.364 e. The second kappa shape index (κ2) is 6.14. The van der Waals surface area contributed by atoms with Gasteiger partial charge in [0.25, 0.3) is 0 Å². The van der Waals surface area contributed by atoms with E-state index in [1.165, 1.54) is 0 Å². The van der Waals surface area contributed by atoms with E-state index in [-0.39, 0.29) is 0 Å². The average molecular weight is 262 g/mol. The average Bonchev–Trinajstić information content (AvgIpc) is 2.92. The van der Waals surface area contributed by atoms with Gasteiger partial charge in [0.05, 0.1) is 6.54 Å². The molecule has 0 aliphatic carbocycles. The van der Waals surface area contributed by atoms with E-state index in [1.54, 1.807) is 12.3 Å². The number of aryl methyl sites for hydroxylation is 1. The molecular formula is C12H18N6O. The molecule has 0 spiro atoms. The number of nitrogen functional groups attached to an aromatic ring is 1. The van der Waals surface area contributed by atoms with Crippen molar-refractivity contribution in [3.8, 4) is 0 Å². The highest BCUT2D eigenvalue weighted by atomic mass is 16.5. The molecule has 0 aliphatic heterocycles. The summed E-state index contributed by atoms with van der Waals surface area (Å²) in [5.41, 5.74) is 4.30. The van der Waals surface area contributed by atoms with Gasteiger partial charge in [-0.25, -0.2) is 15.8 Å². The number of nitrogens with two attached hydrogens (primary N) is 1. The lowest BCUT2D eigenvalue weighted by molar-refractivity contribution is 0.412. The Bertz CT molecular complexity index is 525. The molecule has 7 nitrogen and oxygen atoms in total. The number of hydrogen-bond acceptors (Lipinski definition) is 7. The van der Waals surface area contributed by atoms with Crippen molar-refractivity contribution in [1.29, 1.82) is 0 Å². The van der Waals surface area contributed by atoms with Gasteiger partial charge in [-0.2, -0.15) is 0 Å². The Morgan fingerprint density at radius 2 is 2.11 bits per heavy atom. The molecule has 102 valence electrons. The van der Waals surface area contributed by atoms with Gasteiger partial charge in [-0.05, 0) is 13.3 Å². The minimum absolute atomic E-state index is 0.546. The van der Waals surface area contributed by atoms with Gasteiger partial charge in [0.1, 0.15) is 29.4 Å². The predicted molar refractivity (Wildman–Crippen MR) is 72.4 cm³/mol. The molecule has 4 N–H and O–H groups in total. The molecule has 0 atom stereocenters. The van der Waals surface area contributed by atoms with E-state index in [9.17, 15) is 0 Å². The van der Waals surface area contributed by atoms with E-state index in [2.05, 4.69) is 32.8 Å². The van der Waals surface area contributed by atoms with E-state index in [0.717, 1.165) is 35.7 Å². The van der Waals surface area contributed by atoms with Crippen molar-refractivity contribution in [2.75, 3.05) is 10.7 Å². The van der Waals surface area contributed by atoms with Gasteiger partial charge in [-0.15, -0.1) is 0 Å². The molecule has 2 aromatic heterocycles. The SMILES string of the molecule is CCCc1nc(NN)c(C)c(NCc2ccon2)n1. The molecule has 0 aromatic carbocycles. The Balaban J connectivity index is 2.19. The van der Waals surface area contributed by atoms with Crippen molar-refractivity contribution in [2.45, 2.75) is 33.2 Å². The summed E-state index contributed by atoms with van der Waals surface area (Å²) >= 11 is 0. The highest BCUT2D eigenvalue weighted by Crippen LogP contribution is 2.20. The lowest BCUT2D eigenvalue weighted by Crippen LogP contribution is -2.15. The first-order chi connectivity index (χ1) is 9.24. The summed E-state index contributed by atoms with van der Waals surface area (Å²) in [5.74, 6) is 7.65. The van der Waals surface area contributed by atoms with Crippen molar-refractivity contribution in [2.24, 2.45) is 5.84 Å². The van der Waals surface area contributed by atoms with Crippen molar-refractivity contribution in [1.82, 2.24) is 15.1 Å². The number of hydrazine groups is 1. The van der Waals surface area contributed by atoms with Crippen molar-refractivity contribution >= 4 is 11.6 Å². The maximum absolute atomic E-state index is 5.48. The molecule has 0 fully saturated rings. The Labute approximate surface area is 111 Å².